The second-order valence-electron chi connectivity index (χ2n) is 7.37. The van der Waals surface area contributed by atoms with Crippen molar-refractivity contribution in [1.29, 1.82) is 0 Å². The fourth-order valence-electron chi connectivity index (χ4n) is 2.92. The van der Waals surface area contributed by atoms with Gasteiger partial charge in [-0.25, -0.2) is 4.98 Å². The predicted octanol–water partition coefficient (Wildman–Crippen LogP) is 5.63. The lowest BCUT2D eigenvalue weighted by molar-refractivity contribution is -0.113. The van der Waals surface area contributed by atoms with E-state index in [1.807, 2.05) is 59.5 Å². The molecule has 1 amide bonds. The van der Waals surface area contributed by atoms with E-state index in [0.717, 1.165) is 21.5 Å². The van der Waals surface area contributed by atoms with Gasteiger partial charge in [-0.1, -0.05) is 45.9 Å². The number of thiazole rings is 1. The molecule has 0 unspecified atom stereocenters. The van der Waals surface area contributed by atoms with Crippen LogP contribution in [-0.4, -0.2) is 31.4 Å². The number of amides is 1. The topological polar surface area (TPSA) is 81.9 Å². The summed E-state index contributed by atoms with van der Waals surface area (Å²) in [5.41, 5.74) is 4.23. The van der Waals surface area contributed by atoms with Gasteiger partial charge in [-0.2, -0.15) is 0 Å². The highest BCUT2D eigenvalue weighted by atomic mass is 79.9. The van der Waals surface area contributed by atoms with Crippen molar-refractivity contribution in [3.8, 4) is 17.0 Å². The van der Waals surface area contributed by atoms with E-state index >= 15 is 0 Å². The summed E-state index contributed by atoms with van der Waals surface area (Å²) in [7, 11) is 1.87. The van der Waals surface area contributed by atoms with Crippen molar-refractivity contribution in [2.24, 2.45) is 7.05 Å². The van der Waals surface area contributed by atoms with E-state index in [4.69, 9.17) is 4.74 Å². The van der Waals surface area contributed by atoms with Gasteiger partial charge in [-0.05, 0) is 49.2 Å². The van der Waals surface area contributed by atoms with Crippen molar-refractivity contribution in [2.45, 2.75) is 25.6 Å². The first-order valence-corrected chi connectivity index (χ1v) is 12.8. The molecule has 170 valence electrons. The lowest BCUT2D eigenvalue weighted by Gasteiger charge is -2.08. The molecule has 0 aliphatic heterocycles. The van der Waals surface area contributed by atoms with Crippen molar-refractivity contribution in [2.75, 3.05) is 11.1 Å². The Hall–Kier alpha value is -2.69. The maximum Gasteiger partial charge on any atom is 0.236 e. The molecule has 1 N–H and O–H groups in total. The van der Waals surface area contributed by atoms with Crippen molar-refractivity contribution in [1.82, 2.24) is 19.7 Å². The minimum atomic E-state index is -0.146. The van der Waals surface area contributed by atoms with Gasteiger partial charge < -0.3 is 14.6 Å². The Labute approximate surface area is 208 Å². The summed E-state index contributed by atoms with van der Waals surface area (Å²) in [6.45, 7) is 4.42. The third-order valence-corrected chi connectivity index (χ3v) is 7.30. The number of halogens is 1. The Bertz CT molecular complexity index is 1270. The van der Waals surface area contributed by atoms with Crippen LogP contribution in [-0.2, 0) is 18.4 Å². The molecule has 0 bridgehead atoms. The summed E-state index contributed by atoms with van der Waals surface area (Å²) in [4.78, 5) is 16.9. The molecule has 4 aromatic rings. The summed E-state index contributed by atoms with van der Waals surface area (Å²) >= 11 is 6.15. The fourth-order valence-corrected chi connectivity index (χ4v) is 4.65. The lowest BCUT2D eigenvalue weighted by Crippen LogP contribution is -2.14. The van der Waals surface area contributed by atoms with Crippen molar-refractivity contribution in [3.63, 3.8) is 0 Å². The Morgan fingerprint density at radius 3 is 2.70 bits per heavy atom. The molecule has 0 atom stereocenters. The van der Waals surface area contributed by atoms with Crippen LogP contribution in [0, 0.1) is 13.8 Å². The van der Waals surface area contributed by atoms with Crippen LogP contribution >= 0.6 is 39.0 Å². The third-order valence-electron chi connectivity index (χ3n) is 4.99. The van der Waals surface area contributed by atoms with Crippen molar-refractivity contribution >= 4 is 50.1 Å². The van der Waals surface area contributed by atoms with Crippen LogP contribution < -0.4 is 10.1 Å². The van der Waals surface area contributed by atoms with E-state index in [1.54, 1.807) is 0 Å². The Kier molecular flexibility index (Phi) is 7.46. The number of ether oxygens (including phenoxy) is 1. The standard InChI is InChI=1S/C23H22BrN5O2S2/c1-14-4-9-18(10-15(14)2)31-11-20-27-28-23(29(20)3)33-13-21(30)26-22-25-19(12-32-22)16-5-7-17(24)8-6-16/h4-10,12H,11,13H2,1-3H3,(H,25,26,30). The normalized spacial score (nSPS) is 10.9. The SMILES string of the molecule is Cc1ccc(OCc2nnc(SCC(=O)Nc3nc(-c4ccc(Br)cc4)cs3)n2C)cc1C. The number of benzene rings is 2. The minimum Gasteiger partial charge on any atom is -0.486 e. The Morgan fingerprint density at radius 2 is 1.94 bits per heavy atom. The summed E-state index contributed by atoms with van der Waals surface area (Å²) in [6.07, 6.45) is 0. The molecule has 2 heterocycles. The second-order valence-corrected chi connectivity index (χ2v) is 10.1. The first-order chi connectivity index (χ1) is 15.9. The van der Waals surface area contributed by atoms with Crippen LogP contribution in [0.15, 0.2) is 57.5 Å². The zero-order valence-corrected chi connectivity index (χ0v) is 21.6. The van der Waals surface area contributed by atoms with Gasteiger partial charge in [0.15, 0.2) is 16.1 Å². The summed E-state index contributed by atoms with van der Waals surface area (Å²) in [5.74, 6) is 1.54. The van der Waals surface area contributed by atoms with E-state index < -0.39 is 0 Å². The zero-order chi connectivity index (χ0) is 23.4. The molecule has 33 heavy (non-hydrogen) atoms. The maximum atomic E-state index is 12.4. The molecule has 10 heteroatoms. The van der Waals surface area contributed by atoms with Gasteiger partial charge in [0, 0.05) is 22.5 Å². The van der Waals surface area contributed by atoms with E-state index in [9.17, 15) is 4.79 Å². The number of aromatic nitrogens is 4. The number of rotatable bonds is 8. The highest BCUT2D eigenvalue weighted by Gasteiger charge is 2.14. The number of hydrogen-bond acceptors (Lipinski definition) is 7. The average Bonchev–Trinajstić information content (AvgIpc) is 3.40. The minimum absolute atomic E-state index is 0.146. The van der Waals surface area contributed by atoms with Gasteiger partial charge in [-0.3, -0.25) is 4.79 Å². The summed E-state index contributed by atoms with van der Waals surface area (Å²) in [5, 5.41) is 14.4. The quantitative estimate of drug-likeness (QED) is 0.290. The number of anilines is 1. The second kappa shape index (κ2) is 10.5. The van der Waals surface area contributed by atoms with Gasteiger partial charge in [0.1, 0.15) is 12.4 Å². The average molecular weight is 545 g/mol. The van der Waals surface area contributed by atoms with Gasteiger partial charge in [0.25, 0.3) is 0 Å². The molecule has 7 nitrogen and oxygen atoms in total. The number of nitrogens with zero attached hydrogens (tertiary/aromatic N) is 4. The van der Waals surface area contributed by atoms with Crippen LogP contribution in [0.4, 0.5) is 5.13 Å². The van der Waals surface area contributed by atoms with Crippen LogP contribution in [0.2, 0.25) is 0 Å². The molecule has 2 aromatic heterocycles. The van der Waals surface area contributed by atoms with E-state index in [0.29, 0.717) is 22.7 Å². The van der Waals surface area contributed by atoms with Crippen LogP contribution in [0.5, 0.6) is 5.75 Å². The first-order valence-electron chi connectivity index (χ1n) is 10.1. The number of carbonyl (C=O) groups excluding carboxylic acids is 1. The molecular formula is C23H22BrN5O2S2. The van der Waals surface area contributed by atoms with Crippen LogP contribution in [0.1, 0.15) is 17.0 Å². The summed E-state index contributed by atoms with van der Waals surface area (Å²) < 4.78 is 8.70. The predicted molar refractivity (Wildman–Crippen MR) is 136 cm³/mol. The smallest absolute Gasteiger partial charge is 0.236 e. The van der Waals surface area contributed by atoms with E-state index in [1.165, 1.54) is 34.2 Å². The van der Waals surface area contributed by atoms with Gasteiger partial charge in [0.2, 0.25) is 5.91 Å². The van der Waals surface area contributed by atoms with Crippen LogP contribution in [0.3, 0.4) is 0 Å². The molecule has 0 aliphatic carbocycles. The molecule has 2 aromatic carbocycles. The maximum absolute atomic E-state index is 12.4. The van der Waals surface area contributed by atoms with E-state index in [-0.39, 0.29) is 11.7 Å². The van der Waals surface area contributed by atoms with Gasteiger partial charge in [-0.15, -0.1) is 21.5 Å². The number of aryl methyl sites for hydroxylation is 2. The molecule has 0 aliphatic rings. The van der Waals surface area contributed by atoms with E-state index in [2.05, 4.69) is 50.3 Å². The number of thioether (sulfide) groups is 1. The number of carbonyl (C=O) groups is 1. The first kappa shape index (κ1) is 23.5. The molecule has 0 saturated carbocycles. The highest BCUT2D eigenvalue weighted by Crippen LogP contribution is 2.26. The number of hydrogen-bond donors (Lipinski definition) is 1. The molecule has 0 fully saturated rings. The lowest BCUT2D eigenvalue weighted by atomic mass is 10.1. The zero-order valence-electron chi connectivity index (χ0n) is 18.3. The van der Waals surface area contributed by atoms with Gasteiger partial charge in [0.05, 0.1) is 11.4 Å². The van der Waals surface area contributed by atoms with Crippen LogP contribution in [0.25, 0.3) is 11.3 Å². The number of nitrogens with one attached hydrogen (secondary N) is 1. The Morgan fingerprint density at radius 1 is 1.15 bits per heavy atom. The molecule has 0 saturated heterocycles. The van der Waals surface area contributed by atoms with Crippen molar-refractivity contribution in [3.05, 3.63) is 69.3 Å². The van der Waals surface area contributed by atoms with Gasteiger partial charge >= 0.3 is 0 Å². The third kappa shape index (κ3) is 6.01. The Balaban J connectivity index is 1.29. The summed E-state index contributed by atoms with van der Waals surface area (Å²) in [6, 6.07) is 13.9. The van der Waals surface area contributed by atoms with Crippen molar-refractivity contribution < 1.29 is 9.53 Å². The monoisotopic (exact) mass is 543 g/mol. The highest BCUT2D eigenvalue weighted by molar-refractivity contribution is 9.10. The fraction of sp³-hybridized carbons (Fsp3) is 0.217. The molecule has 0 spiro atoms. The molecular weight excluding hydrogens is 522 g/mol. The molecule has 4 rings (SSSR count). The molecule has 0 radical (unpaired) electrons. The largest absolute Gasteiger partial charge is 0.486 e.